The van der Waals surface area contributed by atoms with Gasteiger partial charge in [-0.15, -0.1) is 0 Å². The highest BCUT2D eigenvalue weighted by Crippen LogP contribution is 2.05. The van der Waals surface area contributed by atoms with Gasteiger partial charge in [-0.05, 0) is 32.2 Å². The zero-order valence-electron chi connectivity index (χ0n) is 17.0. The molecule has 0 saturated heterocycles. The summed E-state index contributed by atoms with van der Waals surface area (Å²) in [5.41, 5.74) is 15.6. The zero-order valence-corrected chi connectivity index (χ0v) is 17.0. The minimum absolute atomic E-state index is 0.0781. The number of primary amides is 1. The number of hydrogen-bond acceptors (Lipinski definition) is 8. The third-order valence-corrected chi connectivity index (χ3v) is 4.08. The van der Waals surface area contributed by atoms with Crippen LogP contribution in [0.3, 0.4) is 0 Å². The normalized spacial score (nSPS) is 13.4. The van der Waals surface area contributed by atoms with Gasteiger partial charge in [0, 0.05) is 6.42 Å². The third-order valence-electron chi connectivity index (χ3n) is 4.08. The minimum atomic E-state index is -1.45. The summed E-state index contributed by atoms with van der Waals surface area (Å²) >= 11 is 0. The van der Waals surface area contributed by atoms with E-state index < -0.39 is 73.1 Å². The van der Waals surface area contributed by atoms with Crippen molar-refractivity contribution < 1.29 is 39.0 Å². The molecule has 0 saturated carbocycles. The van der Waals surface area contributed by atoms with Crippen LogP contribution in [0.4, 0.5) is 0 Å². The maximum absolute atomic E-state index is 12.6. The second-order valence-electron chi connectivity index (χ2n) is 6.67. The smallest absolute Gasteiger partial charge is 0.326 e. The molecule has 3 atom stereocenters. The molecule has 0 aliphatic heterocycles. The van der Waals surface area contributed by atoms with Crippen LogP contribution in [0.1, 0.15) is 38.5 Å². The number of aliphatic carboxylic acids is 2. The first-order valence-electron chi connectivity index (χ1n) is 9.54. The van der Waals surface area contributed by atoms with Gasteiger partial charge in [-0.3, -0.25) is 24.0 Å². The Hall–Kier alpha value is -3.26. The highest BCUT2D eigenvalue weighted by Gasteiger charge is 2.30. The number of carbonyl (C=O) groups is 6. The first-order valence-corrected chi connectivity index (χ1v) is 9.54. The number of carboxylic acids is 2. The molecule has 0 aliphatic carbocycles. The van der Waals surface area contributed by atoms with Gasteiger partial charge >= 0.3 is 11.9 Å². The van der Waals surface area contributed by atoms with E-state index in [4.69, 9.17) is 22.3 Å². The van der Waals surface area contributed by atoms with Crippen LogP contribution in [-0.2, 0) is 28.8 Å². The SMILES string of the molecule is NCCCCC(NC(=O)C(CCC(=O)O)NC(=O)C(CC(N)=O)NC(=O)CN)C(=O)O. The lowest BCUT2D eigenvalue weighted by Gasteiger charge is -2.24. The predicted molar refractivity (Wildman–Crippen MR) is 106 cm³/mol. The van der Waals surface area contributed by atoms with Crippen molar-refractivity contribution in [1.29, 1.82) is 0 Å². The summed E-state index contributed by atoms with van der Waals surface area (Å²) in [5.74, 6) is -6.17. The number of carbonyl (C=O) groups excluding carboxylic acids is 4. The Balaban J connectivity index is 5.39. The summed E-state index contributed by atoms with van der Waals surface area (Å²) in [6, 6.07) is -4.17. The molecular formula is C17H30N6O8. The molecule has 4 amide bonds. The van der Waals surface area contributed by atoms with E-state index >= 15 is 0 Å². The monoisotopic (exact) mass is 446 g/mol. The van der Waals surface area contributed by atoms with Crippen LogP contribution in [0.2, 0.25) is 0 Å². The summed E-state index contributed by atoms with van der Waals surface area (Å²) in [7, 11) is 0. The van der Waals surface area contributed by atoms with Crippen LogP contribution in [0, 0.1) is 0 Å². The van der Waals surface area contributed by atoms with Crippen molar-refractivity contribution in [2.24, 2.45) is 17.2 Å². The van der Waals surface area contributed by atoms with Gasteiger partial charge in [0.25, 0.3) is 0 Å². The van der Waals surface area contributed by atoms with Crippen molar-refractivity contribution in [3.63, 3.8) is 0 Å². The van der Waals surface area contributed by atoms with Crippen molar-refractivity contribution >= 4 is 35.6 Å². The molecule has 0 bridgehead atoms. The van der Waals surface area contributed by atoms with E-state index in [1.807, 2.05) is 0 Å². The second-order valence-corrected chi connectivity index (χ2v) is 6.67. The van der Waals surface area contributed by atoms with E-state index in [0.29, 0.717) is 19.4 Å². The van der Waals surface area contributed by atoms with Gasteiger partial charge in [-0.25, -0.2) is 4.79 Å². The quantitative estimate of drug-likeness (QED) is 0.108. The maximum Gasteiger partial charge on any atom is 0.326 e. The van der Waals surface area contributed by atoms with E-state index in [1.165, 1.54) is 0 Å². The molecule has 0 aromatic heterocycles. The van der Waals surface area contributed by atoms with Crippen molar-refractivity contribution in [2.45, 2.75) is 56.7 Å². The van der Waals surface area contributed by atoms with Crippen LogP contribution in [0.5, 0.6) is 0 Å². The average Bonchev–Trinajstić information content (AvgIpc) is 2.68. The van der Waals surface area contributed by atoms with E-state index in [1.54, 1.807) is 0 Å². The topological polar surface area (TPSA) is 257 Å². The largest absolute Gasteiger partial charge is 0.481 e. The Bertz CT molecular complexity index is 671. The Morgan fingerprint density at radius 2 is 1.35 bits per heavy atom. The zero-order chi connectivity index (χ0) is 24.0. The lowest BCUT2D eigenvalue weighted by atomic mass is 10.1. The molecular weight excluding hydrogens is 416 g/mol. The number of carboxylic acid groups (broad SMARTS) is 2. The van der Waals surface area contributed by atoms with Gasteiger partial charge in [0.05, 0.1) is 13.0 Å². The molecule has 11 N–H and O–H groups in total. The van der Waals surface area contributed by atoms with E-state index in [2.05, 4.69) is 16.0 Å². The van der Waals surface area contributed by atoms with Crippen LogP contribution < -0.4 is 33.2 Å². The molecule has 0 heterocycles. The fraction of sp³-hybridized carbons (Fsp3) is 0.647. The molecule has 31 heavy (non-hydrogen) atoms. The number of unbranched alkanes of at least 4 members (excludes halogenated alkanes) is 1. The first-order chi connectivity index (χ1) is 14.5. The number of hydrogen-bond donors (Lipinski definition) is 8. The van der Waals surface area contributed by atoms with Gasteiger partial charge in [0.15, 0.2) is 0 Å². The number of nitrogens with two attached hydrogens (primary N) is 3. The van der Waals surface area contributed by atoms with Crippen molar-refractivity contribution in [1.82, 2.24) is 16.0 Å². The highest BCUT2D eigenvalue weighted by molar-refractivity contribution is 5.95. The first kappa shape index (κ1) is 27.7. The van der Waals surface area contributed by atoms with E-state index in [-0.39, 0.29) is 12.8 Å². The summed E-state index contributed by atoms with van der Waals surface area (Å²) in [5, 5.41) is 24.8. The Labute approximate surface area is 178 Å². The molecule has 0 aromatic rings. The fourth-order valence-electron chi connectivity index (χ4n) is 2.50. The molecule has 3 unspecified atom stereocenters. The van der Waals surface area contributed by atoms with Gasteiger partial charge in [-0.2, -0.15) is 0 Å². The molecule has 0 radical (unpaired) electrons. The Morgan fingerprint density at radius 3 is 1.84 bits per heavy atom. The number of amides is 4. The van der Waals surface area contributed by atoms with E-state index in [0.717, 1.165) is 0 Å². The predicted octanol–water partition coefficient (Wildman–Crippen LogP) is -3.65. The molecule has 176 valence electrons. The molecule has 0 rings (SSSR count). The molecule has 0 aromatic carbocycles. The Kier molecular flexibility index (Phi) is 13.1. The third kappa shape index (κ3) is 12.1. The molecule has 0 spiro atoms. The number of rotatable bonds is 16. The standard InChI is InChI=1S/C17H30N6O8/c18-6-2-1-3-10(17(30)31)23-15(28)9(4-5-14(26)27)22-16(29)11(7-12(20)24)21-13(25)8-19/h9-11H,1-8,18-19H2,(H2,20,24)(H,21,25)(H,22,29)(H,23,28)(H,26,27)(H,30,31). The highest BCUT2D eigenvalue weighted by atomic mass is 16.4. The molecule has 14 nitrogen and oxygen atoms in total. The summed E-state index contributed by atoms with van der Waals surface area (Å²) in [6.07, 6.45) is -0.439. The summed E-state index contributed by atoms with van der Waals surface area (Å²) in [4.78, 5) is 70.0. The molecule has 0 aliphatic rings. The second kappa shape index (κ2) is 14.7. The average molecular weight is 446 g/mol. The lowest BCUT2D eigenvalue weighted by molar-refractivity contribution is -0.143. The van der Waals surface area contributed by atoms with Crippen LogP contribution >= 0.6 is 0 Å². The summed E-state index contributed by atoms with van der Waals surface area (Å²) in [6.45, 7) is -0.137. The summed E-state index contributed by atoms with van der Waals surface area (Å²) < 4.78 is 0. The maximum atomic E-state index is 12.6. The Morgan fingerprint density at radius 1 is 0.774 bits per heavy atom. The van der Waals surface area contributed by atoms with Crippen molar-refractivity contribution in [3.8, 4) is 0 Å². The van der Waals surface area contributed by atoms with Crippen LogP contribution in [0.15, 0.2) is 0 Å². The van der Waals surface area contributed by atoms with Crippen LogP contribution in [-0.4, -0.2) is 77.0 Å². The molecule has 14 heteroatoms. The fourth-order valence-corrected chi connectivity index (χ4v) is 2.50. The number of nitrogens with one attached hydrogen (secondary N) is 3. The van der Waals surface area contributed by atoms with Crippen molar-refractivity contribution in [2.75, 3.05) is 13.1 Å². The lowest BCUT2D eigenvalue weighted by Crippen LogP contribution is -2.56. The van der Waals surface area contributed by atoms with Crippen LogP contribution in [0.25, 0.3) is 0 Å². The van der Waals surface area contributed by atoms with Gasteiger partial charge in [0.2, 0.25) is 23.6 Å². The minimum Gasteiger partial charge on any atom is -0.481 e. The van der Waals surface area contributed by atoms with Crippen molar-refractivity contribution in [3.05, 3.63) is 0 Å². The van der Waals surface area contributed by atoms with E-state index in [9.17, 15) is 33.9 Å². The van der Waals surface area contributed by atoms with Gasteiger partial charge < -0.3 is 43.4 Å². The van der Waals surface area contributed by atoms with Gasteiger partial charge in [0.1, 0.15) is 18.1 Å². The van der Waals surface area contributed by atoms with Gasteiger partial charge in [-0.1, -0.05) is 0 Å². The molecule has 0 fully saturated rings.